The SMILES string of the molecule is CCNC(C)C(c1ncccc1C)C(C)C. The van der Waals surface area contributed by atoms with Crippen LogP contribution >= 0.6 is 0 Å². The van der Waals surface area contributed by atoms with Crippen molar-refractivity contribution in [3.8, 4) is 0 Å². The minimum Gasteiger partial charge on any atom is -0.314 e. The maximum absolute atomic E-state index is 4.56. The Morgan fingerprint density at radius 1 is 1.31 bits per heavy atom. The highest BCUT2D eigenvalue weighted by molar-refractivity contribution is 5.23. The first kappa shape index (κ1) is 13.2. The van der Waals surface area contributed by atoms with Crippen LogP contribution in [0.4, 0.5) is 0 Å². The number of hydrogen-bond acceptors (Lipinski definition) is 2. The van der Waals surface area contributed by atoms with Crippen molar-refractivity contribution in [3.05, 3.63) is 29.6 Å². The number of hydrogen-bond donors (Lipinski definition) is 1. The Morgan fingerprint density at radius 2 is 2.00 bits per heavy atom. The van der Waals surface area contributed by atoms with E-state index in [1.807, 2.05) is 12.3 Å². The predicted molar refractivity (Wildman–Crippen MR) is 69.7 cm³/mol. The number of aromatic nitrogens is 1. The van der Waals surface area contributed by atoms with Gasteiger partial charge < -0.3 is 5.32 Å². The number of nitrogens with one attached hydrogen (secondary N) is 1. The molecular formula is C14H24N2. The van der Waals surface area contributed by atoms with Crippen LogP contribution in [0.1, 0.15) is 44.9 Å². The second-order valence-corrected chi connectivity index (χ2v) is 4.82. The predicted octanol–water partition coefficient (Wildman–Crippen LogP) is 3.13. The molecule has 1 aromatic rings. The maximum Gasteiger partial charge on any atom is 0.0481 e. The molecule has 0 aliphatic heterocycles. The summed E-state index contributed by atoms with van der Waals surface area (Å²) in [6.45, 7) is 12.1. The minimum atomic E-state index is 0.471. The summed E-state index contributed by atoms with van der Waals surface area (Å²) in [6.07, 6.45) is 1.90. The Kier molecular flexibility index (Phi) is 4.94. The molecule has 90 valence electrons. The van der Waals surface area contributed by atoms with Crippen LogP contribution in [0.5, 0.6) is 0 Å². The average Bonchev–Trinajstić information content (AvgIpc) is 2.21. The number of nitrogens with zero attached hydrogens (tertiary/aromatic N) is 1. The smallest absolute Gasteiger partial charge is 0.0481 e. The second kappa shape index (κ2) is 6.00. The lowest BCUT2D eigenvalue weighted by Crippen LogP contribution is -2.35. The van der Waals surface area contributed by atoms with Crippen LogP contribution in [-0.2, 0) is 0 Å². The van der Waals surface area contributed by atoms with Gasteiger partial charge in [-0.05, 0) is 37.9 Å². The second-order valence-electron chi connectivity index (χ2n) is 4.82. The van der Waals surface area contributed by atoms with Gasteiger partial charge in [0.15, 0.2) is 0 Å². The molecule has 1 N–H and O–H groups in total. The zero-order valence-corrected chi connectivity index (χ0v) is 11.1. The summed E-state index contributed by atoms with van der Waals surface area (Å²) in [7, 11) is 0. The van der Waals surface area contributed by atoms with Crippen LogP contribution < -0.4 is 5.32 Å². The molecule has 0 aromatic carbocycles. The Balaban J connectivity index is 2.98. The van der Waals surface area contributed by atoms with Crippen molar-refractivity contribution < 1.29 is 0 Å². The van der Waals surface area contributed by atoms with Crippen molar-refractivity contribution in [1.82, 2.24) is 10.3 Å². The van der Waals surface area contributed by atoms with Crippen LogP contribution in [-0.4, -0.2) is 17.6 Å². The maximum atomic E-state index is 4.56. The van der Waals surface area contributed by atoms with E-state index in [4.69, 9.17) is 0 Å². The molecule has 2 unspecified atom stereocenters. The molecule has 0 aliphatic rings. The van der Waals surface area contributed by atoms with Crippen LogP contribution in [0.2, 0.25) is 0 Å². The molecule has 0 bridgehead atoms. The van der Waals surface area contributed by atoms with Gasteiger partial charge in [-0.1, -0.05) is 26.8 Å². The van der Waals surface area contributed by atoms with Gasteiger partial charge in [0, 0.05) is 23.9 Å². The third-order valence-corrected chi connectivity index (χ3v) is 3.15. The summed E-state index contributed by atoms with van der Waals surface area (Å²) in [5.74, 6) is 1.09. The number of aryl methyl sites for hydroxylation is 1. The molecule has 2 atom stereocenters. The standard InChI is InChI=1S/C14H24N2/c1-6-15-12(5)13(10(2)3)14-11(4)8-7-9-16-14/h7-10,12-13,15H,6H2,1-5H3. The lowest BCUT2D eigenvalue weighted by Gasteiger charge is -2.28. The van der Waals surface area contributed by atoms with Crippen molar-refractivity contribution in [3.63, 3.8) is 0 Å². The lowest BCUT2D eigenvalue weighted by atomic mass is 9.84. The Hall–Kier alpha value is -0.890. The minimum absolute atomic E-state index is 0.471. The lowest BCUT2D eigenvalue weighted by molar-refractivity contribution is 0.375. The van der Waals surface area contributed by atoms with E-state index in [1.54, 1.807) is 0 Å². The summed E-state index contributed by atoms with van der Waals surface area (Å²) in [5, 5.41) is 3.51. The Bertz CT molecular complexity index is 320. The molecule has 0 radical (unpaired) electrons. The van der Waals surface area contributed by atoms with Crippen molar-refractivity contribution >= 4 is 0 Å². The van der Waals surface area contributed by atoms with Crippen molar-refractivity contribution in [2.75, 3.05) is 6.54 Å². The highest BCUT2D eigenvalue weighted by Crippen LogP contribution is 2.28. The number of likely N-dealkylation sites (N-methyl/N-ethyl adjacent to an activating group) is 1. The van der Waals surface area contributed by atoms with E-state index in [9.17, 15) is 0 Å². The summed E-state index contributed by atoms with van der Waals surface area (Å²) in [6, 6.07) is 4.63. The van der Waals surface area contributed by atoms with Crippen LogP contribution in [0.15, 0.2) is 18.3 Å². The molecule has 0 fully saturated rings. The Labute approximate surface area is 99.5 Å². The van der Waals surface area contributed by atoms with Crippen molar-refractivity contribution in [2.45, 2.75) is 46.6 Å². The first-order valence-electron chi connectivity index (χ1n) is 6.22. The first-order chi connectivity index (χ1) is 7.57. The number of pyridine rings is 1. The molecule has 0 saturated carbocycles. The van der Waals surface area contributed by atoms with Crippen molar-refractivity contribution in [2.24, 2.45) is 5.92 Å². The van der Waals surface area contributed by atoms with E-state index in [1.165, 1.54) is 11.3 Å². The zero-order chi connectivity index (χ0) is 12.1. The summed E-state index contributed by atoms with van der Waals surface area (Å²) < 4.78 is 0. The van der Waals surface area contributed by atoms with Gasteiger partial charge in [0.05, 0.1) is 0 Å². The van der Waals surface area contributed by atoms with E-state index < -0.39 is 0 Å². The summed E-state index contributed by atoms with van der Waals surface area (Å²) in [5.41, 5.74) is 2.54. The van der Waals surface area contributed by atoms with E-state index >= 15 is 0 Å². The monoisotopic (exact) mass is 220 g/mol. The molecule has 16 heavy (non-hydrogen) atoms. The van der Waals surface area contributed by atoms with Gasteiger partial charge in [-0.3, -0.25) is 4.98 Å². The largest absolute Gasteiger partial charge is 0.314 e. The molecular weight excluding hydrogens is 196 g/mol. The van der Waals surface area contributed by atoms with Gasteiger partial charge in [0.2, 0.25) is 0 Å². The quantitative estimate of drug-likeness (QED) is 0.824. The normalized spacial score (nSPS) is 15.1. The highest BCUT2D eigenvalue weighted by Gasteiger charge is 2.24. The third kappa shape index (κ3) is 3.05. The molecule has 1 aromatic heterocycles. The fourth-order valence-electron chi connectivity index (χ4n) is 2.43. The molecule has 0 saturated heterocycles. The van der Waals surface area contributed by atoms with Crippen LogP contribution in [0.3, 0.4) is 0 Å². The molecule has 0 spiro atoms. The van der Waals surface area contributed by atoms with E-state index in [2.05, 4.69) is 51.0 Å². The fraction of sp³-hybridized carbons (Fsp3) is 0.643. The molecule has 2 nitrogen and oxygen atoms in total. The van der Waals surface area contributed by atoms with Gasteiger partial charge in [-0.2, -0.15) is 0 Å². The Morgan fingerprint density at radius 3 is 2.50 bits per heavy atom. The topological polar surface area (TPSA) is 24.9 Å². The van der Waals surface area contributed by atoms with E-state index in [-0.39, 0.29) is 0 Å². The summed E-state index contributed by atoms with van der Waals surface area (Å²) in [4.78, 5) is 4.56. The van der Waals surface area contributed by atoms with E-state index in [0.29, 0.717) is 17.9 Å². The van der Waals surface area contributed by atoms with Crippen molar-refractivity contribution in [1.29, 1.82) is 0 Å². The molecule has 1 rings (SSSR count). The van der Waals surface area contributed by atoms with Gasteiger partial charge >= 0.3 is 0 Å². The van der Waals surface area contributed by atoms with Crippen LogP contribution in [0.25, 0.3) is 0 Å². The van der Waals surface area contributed by atoms with Gasteiger partial charge in [-0.15, -0.1) is 0 Å². The number of rotatable bonds is 5. The average molecular weight is 220 g/mol. The zero-order valence-electron chi connectivity index (χ0n) is 11.1. The fourth-order valence-corrected chi connectivity index (χ4v) is 2.43. The van der Waals surface area contributed by atoms with Gasteiger partial charge in [0.1, 0.15) is 0 Å². The summed E-state index contributed by atoms with van der Waals surface area (Å²) >= 11 is 0. The third-order valence-electron chi connectivity index (χ3n) is 3.15. The van der Waals surface area contributed by atoms with E-state index in [0.717, 1.165) is 6.54 Å². The molecule has 0 aliphatic carbocycles. The van der Waals surface area contributed by atoms with Gasteiger partial charge in [-0.25, -0.2) is 0 Å². The molecule has 0 amide bonds. The molecule has 2 heteroatoms. The van der Waals surface area contributed by atoms with Crippen LogP contribution in [0, 0.1) is 12.8 Å². The first-order valence-corrected chi connectivity index (χ1v) is 6.22. The molecule has 1 heterocycles. The highest BCUT2D eigenvalue weighted by atomic mass is 14.9. The van der Waals surface area contributed by atoms with Gasteiger partial charge in [0.25, 0.3) is 0 Å².